The van der Waals surface area contributed by atoms with Gasteiger partial charge in [-0.25, -0.2) is 0 Å². The van der Waals surface area contributed by atoms with Crippen LogP contribution in [-0.4, -0.2) is 12.7 Å². The van der Waals surface area contributed by atoms with Gasteiger partial charge in [-0.1, -0.05) is 63.7 Å². The largest absolute Gasteiger partial charge is 0.402 e. The molecule has 1 heterocycles. The Balaban J connectivity index is 0.00000149. The number of anilines is 2. The minimum atomic E-state index is -0.0300. The average Bonchev–Trinajstić information content (AvgIpc) is 2.85. The van der Waals surface area contributed by atoms with Crippen LogP contribution >= 0.6 is 0 Å². The second-order valence-corrected chi connectivity index (χ2v) is 7.90. The van der Waals surface area contributed by atoms with Gasteiger partial charge in [0.2, 0.25) is 0 Å². The number of nitrogens with one attached hydrogen (secondary N) is 4. The van der Waals surface area contributed by atoms with Gasteiger partial charge in [-0.2, -0.15) is 0 Å². The summed E-state index contributed by atoms with van der Waals surface area (Å²) in [6, 6.07) is 16.6. The van der Waals surface area contributed by atoms with Crippen LogP contribution in [-0.2, 0) is 0 Å². The minimum absolute atomic E-state index is 0.0300. The molecule has 2 aliphatic rings. The molecule has 174 valence electrons. The lowest BCUT2D eigenvalue weighted by molar-refractivity contribution is 0.684. The Morgan fingerprint density at radius 2 is 1.82 bits per heavy atom. The zero-order chi connectivity index (χ0) is 23.6. The second kappa shape index (κ2) is 11.9. The molecule has 1 atom stereocenters. The van der Waals surface area contributed by atoms with Gasteiger partial charge in [0.1, 0.15) is 6.17 Å². The molecule has 0 radical (unpaired) electrons. The van der Waals surface area contributed by atoms with Crippen LogP contribution in [0.1, 0.15) is 51.2 Å². The lowest BCUT2D eigenvalue weighted by Gasteiger charge is -2.30. The first-order chi connectivity index (χ1) is 16.1. The molecule has 2 aromatic carbocycles. The fraction of sp³-hybridized carbons (Fsp3) is 0.286. The van der Waals surface area contributed by atoms with E-state index in [1.165, 1.54) is 5.70 Å². The van der Waals surface area contributed by atoms with Crippen molar-refractivity contribution in [3.8, 4) is 0 Å². The highest BCUT2D eigenvalue weighted by molar-refractivity contribution is 5.86. The summed E-state index contributed by atoms with van der Waals surface area (Å²) >= 11 is 0. The fourth-order valence-electron chi connectivity index (χ4n) is 3.86. The van der Waals surface area contributed by atoms with E-state index < -0.39 is 0 Å². The van der Waals surface area contributed by atoms with Crippen molar-refractivity contribution in [2.45, 2.75) is 46.2 Å². The quantitative estimate of drug-likeness (QED) is 0.346. The summed E-state index contributed by atoms with van der Waals surface area (Å²) < 4.78 is 0. The molecule has 5 heteroatoms. The van der Waals surface area contributed by atoms with Crippen LogP contribution in [0.15, 0.2) is 84.7 Å². The van der Waals surface area contributed by atoms with Crippen LogP contribution in [0.5, 0.6) is 0 Å². The summed E-state index contributed by atoms with van der Waals surface area (Å²) in [6.45, 7) is 11.4. The maximum absolute atomic E-state index is 5.90. The standard InChI is InChI=1S/C26H31N5.C2H6/c1-3-16-28-23-10-6-4-8-21(23)18(2)29-25-17-26(30-20-14-12-19(27)13-15-20)31-24-11-7-5-9-22(24)25;1-2/h4-12,14,17,26,28-31H,2-3,13,15-16,27H2,1H3;1-2H3. The summed E-state index contributed by atoms with van der Waals surface area (Å²) in [5.74, 6) is 0. The number of hydrogen-bond donors (Lipinski definition) is 5. The summed E-state index contributed by atoms with van der Waals surface area (Å²) in [5, 5.41) is 14.2. The van der Waals surface area contributed by atoms with Crippen molar-refractivity contribution < 1.29 is 0 Å². The number of fused-ring (bicyclic) bond motifs is 1. The Bertz CT molecular complexity index is 1050. The molecule has 0 aromatic heterocycles. The summed E-state index contributed by atoms with van der Waals surface area (Å²) in [6.07, 6.45) is 9.07. The molecule has 0 saturated carbocycles. The number of rotatable bonds is 8. The van der Waals surface area contributed by atoms with E-state index in [-0.39, 0.29) is 6.17 Å². The van der Waals surface area contributed by atoms with Crippen LogP contribution in [0.3, 0.4) is 0 Å². The van der Waals surface area contributed by atoms with Gasteiger partial charge in [0.25, 0.3) is 0 Å². The highest BCUT2D eigenvalue weighted by Crippen LogP contribution is 2.31. The second-order valence-electron chi connectivity index (χ2n) is 7.90. The van der Waals surface area contributed by atoms with Crippen LogP contribution in [0.25, 0.3) is 11.4 Å². The molecule has 0 spiro atoms. The first-order valence-electron chi connectivity index (χ1n) is 11.9. The molecule has 4 rings (SSSR count). The fourth-order valence-corrected chi connectivity index (χ4v) is 3.86. The summed E-state index contributed by atoms with van der Waals surface area (Å²) in [4.78, 5) is 0. The molecule has 0 fully saturated rings. The Morgan fingerprint density at radius 1 is 1.06 bits per heavy atom. The predicted octanol–water partition coefficient (Wildman–Crippen LogP) is 6.00. The van der Waals surface area contributed by atoms with E-state index in [9.17, 15) is 0 Å². The van der Waals surface area contributed by atoms with Gasteiger partial charge in [-0.3, -0.25) is 0 Å². The molecule has 1 aliphatic heterocycles. The molecule has 2 aromatic rings. The van der Waals surface area contributed by atoms with E-state index in [2.05, 4.69) is 77.3 Å². The molecule has 33 heavy (non-hydrogen) atoms. The maximum atomic E-state index is 5.90. The van der Waals surface area contributed by atoms with Gasteiger partial charge in [0.05, 0.1) is 0 Å². The SMILES string of the molecule is C=C(NC1=CC(NC2=CC=C(N)CC2)Nc2ccccc21)c1ccccc1NCCC.CC. The zero-order valence-corrected chi connectivity index (χ0v) is 20.0. The van der Waals surface area contributed by atoms with E-state index in [1.54, 1.807) is 0 Å². The Kier molecular flexibility index (Phi) is 8.64. The van der Waals surface area contributed by atoms with E-state index in [0.717, 1.165) is 65.4 Å². The van der Waals surface area contributed by atoms with Crippen molar-refractivity contribution in [3.63, 3.8) is 0 Å². The maximum Gasteiger partial charge on any atom is 0.118 e. The van der Waals surface area contributed by atoms with Gasteiger partial charge < -0.3 is 27.0 Å². The minimum Gasteiger partial charge on any atom is -0.402 e. The molecular formula is C28H37N5. The van der Waals surface area contributed by atoms with Crippen molar-refractivity contribution in [3.05, 3.63) is 95.9 Å². The van der Waals surface area contributed by atoms with E-state index in [1.807, 2.05) is 38.1 Å². The molecule has 6 N–H and O–H groups in total. The van der Waals surface area contributed by atoms with Crippen molar-refractivity contribution in [2.75, 3.05) is 17.2 Å². The molecule has 1 aliphatic carbocycles. The van der Waals surface area contributed by atoms with Crippen molar-refractivity contribution in [2.24, 2.45) is 5.73 Å². The number of para-hydroxylation sites is 2. The smallest absolute Gasteiger partial charge is 0.118 e. The molecule has 5 nitrogen and oxygen atoms in total. The Morgan fingerprint density at radius 3 is 2.58 bits per heavy atom. The summed E-state index contributed by atoms with van der Waals surface area (Å²) in [7, 11) is 0. The molecule has 0 saturated heterocycles. The number of hydrogen-bond acceptors (Lipinski definition) is 5. The van der Waals surface area contributed by atoms with Crippen LogP contribution in [0, 0.1) is 0 Å². The van der Waals surface area contributed by atoms with Gasteiger partial charge in [0.15, 0.2) is 0 Å². The predicted molar refractivity (Wildman–Crippen MR) is 143 cm³/mol. The van der Waals surface area contributed by atoms with Crippen LogP contribution < -0.4 is 27.0 Å². The lowest BCUT2D eigenvalue weighted by atomic mass is 10.0. The van der Waals surface area contributed by atoms with Gasteiger partial charge in [0, 0.05) is 51.8 Å². The van der Waals surface area contributed by atoms with Crippen molar-refractivity contribution in [1.82, 2.24) is 10.6 Å². The average molecular weight is 444 g/mol. The van der Waals surface area contributed by atoms with Gasteiger partial charge >= 0.3 is 0 Å². The van der Waals surface area contributed by atoms with Crippen molar-refractivity contribution in [1.29, 1.82) is 0 Å². The number of benzene rings is 2. The van der Waals surface area contributed by atoms with E-state index in [0.29, 0.717) is 0 Å². The number of nitrogens with two attached hydrogens (primary N) is 1. The monoisotopic (exact) mass is 443 g/mol. The van der Waals surface area contributed by atoms with Gasteiger partial charge in [-0.15, -0.1) is 0 Å². The number of allylic oxidation sites excluding steroid dienone is 4. The van der Waals surface area contributed by atoms with E-state index in [4.69, 9.17) is 5.73 Å². The Hall–Kier alpha value is -3.60. The third-order valence-electron chi connectivity index (χ3n) is 5.49. The molecular weight excluding hydrogens is 406 g/mol. The first-order valence-corrected chi connectivity index (χ1v) is 11.9. The molecule has 1 unspecified atom stereocenters. The highest BCUT2D eigenvalue weighted by atomic mass is 15.1. The van der Waals surface area contributed by atoms with Crippen molar-refractivity contribution >= 4 is 22.8 Å². The highest BCUT2D eigenvalue weighted by Gasteiger charge is 2.20. The van der Waals surface area contributed by atoms with Crippen LogP contribution in [0.2, 0.25) is 0 Å². The molecule has 0 bridgehead atoms. The Labute approximate surface area is 198 Å². The summed E-state index contributed by atoms with van der Waals surface area (Å²) in [5.41, 5.74) is 14.3. The normalized spacial score (nSPS) is 16.5. The van der Waals surface area contributed by atoms with E-state index >= 15 is 0 Å². The van der Waals surface area contributed by atoms with Crippen LogP contribution in [0.4, 0.5) is 11.4 Å². The topological polar surface area (TPSA) is 74.1 Å². The van der Waals surface area contributed by atoms with Gasteiger partial charge in [-0.05, 0) is 49.6 Å². The molecule has 0 amide bonds. The third-order valence-corrected chi connectivity index (χ3v) is 5.49. The third kappa shape index (κ3) is 6.22. The first kappa shape index (κ1) is 24.1. The zero-order valence-electron chi connectivity index (χ0n) is 20.0. The lowest BCUT2D eigenvalue weighted by Crippen LogP contribution is -2.37.